The van der Waals surface area contributed by atoms with Crippen molar-refractivity contribution >= 4 is 23.4 Å². The lowest BCUT2D eigenvalue weighted by Gasteiger charge is -2.59. The van der Waals surface area contributed by atoms with Gasteiger partial charge in [-0.3, -0.25) is 14.4 Å². The Morgan fingerprint density at radius 2 is 1.72 bits per heavy atom. The van der Waals surface area contributed by atoms with Gasteiger partial charge in [-0.05, 0) is 119 Å². The van der Waals surface area contributed by atoms with Crippen molar-refractivity contribution in [3.8, 4) is 0 Å². The number of carbonyl (C=O) groups is 3. The number of carbonyl (C=O) groups excluding carboxylic acids is 2. The minimum absolute atomic E-state index is 0.0661. The molecule has 8 heteroatoms. The number of nitrogens with zero attached hydrogens (tertiary/aromatic N) is 1. The molecule has 8 nitrogen and oxygen atoms in total. The van der Waals surface area contributed by atoms with Gasteiger partial charge in [0.25, 0.3) is 5.91 Å². The number of oxime groups is 1. The molecule has 0 spiro atoms. The number of ketones is 1. The van der Waals surface area contributed by atoms with Gasteiger partial charge in [0.05, 0.1) is 11.6 Å². The van der Waals surface area contributed by atoms with Crippen LogP contribution in [0.4, 0.5) is 0 Å². The van der Waals surface area contributed by atoms with E-state index in [1.807, 2.05) is 0 Å². The molecular formula is C31H46N2O6. The zero-order valence-electron chi connectivity index (χ0n) is 23.8. The van der Waals surface area contributed by atoms with E-state index in [0.29, 0.717) is 49.5 Å². The lowest BCUT2D eigenvalue weighted by Crippen LogP contribution is -2.57. The first-order valence-electron chi connectivity index (χ1n) is 15.1. The smallest absolute Gasteiger partial charge is 0.306 e. The molecule has 1 amide bonds. The average Bonchev–Trinajstić information content (AvgIpc) is 3.19. The monoisotopic (exact) mass is 542 g/mol. The van der Waals surface area contributed by atoms with Crippen LogP contribution in [-0.2, 0) is 19.2 Å². The third-order valence-electron chi connectivity index (χ3n) is 11.9. The van der Waals surface area contributed by atoms with Gasteiger partial charge >= 0.3 is 5.97 Å². The highest BCUT2D eigenvalue weighted by Gasteiger charge is 2.65. The molecule has 0 aromatic rings. The average molecular weight is 543 g/mol. The van der Waals surface area contributed by atoms with E-state index in [2.05, 4.69) is 30.4 Å². The molecule has 0 radical (unpaired) electrons. The molecule has 5 rings (SSSR count). The van der Waals surface area contributed by atoms with Crippen molar-refractivity contribution in [2.24, 2.45) is 45.6 Å². The van der Waals surface area contributed by atoms with Gasteiger partial charge in [-0.2, -0.15) is 0 Å². The maximum Gasteiger partial charge on any atom is 0.306 e. The van der Waals surface area contributed by atoms with Crippen molar-refractivity contribution in [2.45, 2.75) is 103 Å². The van der Waals surface area contributed by atoms with E-state index < -0.39 is 11.6 Å². The van der Waals surface area contributed by atoms with Crippen LogP contribution in [0.3, 0.4) is 0 Å². The van der Waals surface area contributed by atoms with Crippen LogP contribution < -0.4 is 5.32 Å². The van der Waals surface area contributed by atoms with Crippen molar-refractivity contribution in [3.63, 3.8) is 0 Å². The van der Waals surface area contributed by atoms with Gasteiger partial charge in [0, 0.05) is 12.0 Å². The largest absolute Gasteiger partial charge is 0.481 e. The number of allylic oxidation sites excluding steroid dienone is 2. The summed E-state index contributed by atoms with van der Waals surface area (Å²) in [6.07, 6.45) is 12.6. The summed E-state index contributed by atoms with van der Waals surface area (Å²) in [6, 6.07) is 0. The predicted molar refractivity (Wildman–Crippen MR) is 147 cm³/mol. The van der Waals surface area contributed by atoms with Gasteiger partial charge in [0.2, 0.25) is 0 Å². The Kier molecular flexibility index (Phi) is 7.72. The molecule has 0 unspecified atom stereocenters. The van der Waals surface area contributed by atoms with E-state index in [-0.39, 0.29) is 35.0 Å². The number of carboxylic acid groups (broad SMARTS) is 1. The SMILES string of the molecule is CC(=O)[C@@]1(O)CC[C@@H]2[C@H]3CCC4=C/C(=N/OCC(=O)NCC5CCC(C(=O)O)CC5)CC[C@]4(C)[C@@H]3CC[C@@]21C. The summed E-state index contributed by atoms with van der Waals surface area (Å²) >= 11 is 0. The molecular weight excluding hydrogens is 496 g/mol. The second-order valence-electron chi connectivity index (χ2n) is 13.6. The number of hydrogen-bond donors (Lipinski definition) is 3. The highest BCUT2D eigenvalue weighted by molar-refractivity contribution is 5.96. The van der Waals surface area contributed by atoms with Gasteiger partial charge in [0.15, 0.2) is 12.4 Å². The normalized spacial score (nSPS) is 42.5. The van der Waals surface area contributed by atoms with Crippen LogP contribution in [0.1, 0.15) is 97.8 Å². The highest BCUT2D eigenvalue weighted by atomic mass is 16.6. The van der Waals surface area contributed by atoms with Crippen LogP contribution >= 0.6 is 0 Å². The first kappa shape index (κ1) is 28.3. The second-order valence-corrected chi connectivity index (χ2v) is 13.6. The van der Waals surface area contributed by atoms with Gasteiger partial charge in [-0.1, -0.05) is 24.6 Å². The predicted octanol–water partition coefficient (Wildman–Crippen LogP) is 4.65. The fourth-order valence-electron chi connectivity index (χ4n) is 9.33. The number of amides is 1. The lowest BCUT2D eigenvalue weighted by molar-refractivity contribution is -0.159. The Balaban J connectivity index is 1.14. The maximum atomic E-state index is 12.5. The molecule has 0 saturated heterocycles. The van der Waals surface area contributed by atoms with Crippen LogP contribution in [0.5, 0.6) is 0 Å². The van der Waals surface area contributed by atoms with Crippen LogP contribution in [0.25, 0.3) is 0 Å². The lowest BCUT2D eigenvalue weighted by atomic mass is 9.46. The molecule has 0 aromatic heterocycles. The summed E-state index contributed by atoms with van der Waals surface area (Å²) in [4.78, 5) is 41.3. The molecule has 0 bridgehead atoms. The fourth-order valence-corrected chi connectivity index (χ4v) is 9.33. The molecule has 6 atom stereocenters. The Bertz CT molecular complexity index is 1060. The van der Waals surface area contributed by atoms with Crippen LogP contribution in [-0.4, -0.2) is 52.3 Å². The third-order valence-corrected chi connectivity index (χ3v) is 11.9. The van der Waals surface area contributed by atoms with Crippen molar-refractivity contribution in [1.29, 1.82) is 0 Å². The van der Waals surface area contributed by atoms with Gasteiger partial charge in [-0.25, -0.2) is 0 Å². The summed E-state index contributed by atoms with van der Waals surface area (Å²) in [5.74, 6) is 0.599. The van der Waals surface area contributed by atoms with Crippen LogP contribution in [0, 0.1) is 40.4 Å². The summed E-state index contributed by atoms with van der Waals surface area (Å²) in [5.41, 5.74) is 0.952. The van der Waals surface area contributed by atoms with Crippen molar-refractivity contribution in [3.05, 3.63) is 11.6 Å². The number of hydrogen-bond acceptors (Lipinski definition) is 6. The molecule has 5 aliphatic carbocycles. The molecule has 39 heavy (non-hydrogen) atoms. The van der Waals surface area contributed by atoms with Crippen LogP contribution in [0.15, 0.2) is 16.8 Å². The number of fused-ring (bicyclic) bond motifs is 5. The Labute approximate surface area is 232 Å². The van der Waals surface area contributed by atoms with Gasteiger partial charge in [0.1, 0.15) is 5.60 Å². The Hall–Kier alpha value is -2.22. The van der Waals surface area contributed by atoms with Crippen molar-refractivity contribution < 1.29 is 29.4 Å². The minimum atomic E-state index is -1.17. The van der Waals surface area contributed by atoms with E-state index in [4.69, 9.17) is 9.94 Å². The Morgan fingerprint density at radius 3 is 2.41 bits per heavy atom. The van der Waals surface area contributed by atoms with E-state index in [0.717, 1.165) is 63.5 Å². The third kappa shape index (κ3) is 4.95. The quantitative estimate of drug-likeness (QED) is 0.402. The second kappa shape index (κ2) is 10.6. The number of nitrogens with one attached hydrogen (secondary N) is 1. The molecule has 5 aliphatic rings. The molecule has 0 aliphatic heterocycles. The molecule has 0 heterocycles. The zero-order chi connectivity index (χ0) is 28.0. The maximum absolute atomic E-state index is 12.5. The first-order valence-corrected chi connectivity index (χ1v) is 15.1. The summed E-state index contributed by atoms with van der Waals surface area (Å²) < 4.78 is 0. The number of aliphatic hydroxyl groups is 1. The number of aliphatic carboxylic acids is 1. The molecule has 4 fully saturated rings. The van der Waals surface area contributed by atoms with Crippen molar-refractivity contribution in [1.82, 2.24) is 5.32 Å². The van der Waals surface area contributed by atoms with Gasteiger partial charge in [-0.15, -0.1) is 0 Å². The Morgan fingerprint density at radius 1 is 1.00 bits per heavy atom. The molecule has 4 saturated carbocycles. The van der Waals surface area contributed by atoms with Crippen molar-refractivity contribution in [2.75, 3.05) is 13.2 Å². The van der Waals surface area contributed by atoms with Crippen LogP contribution in [0.2, 0.25) is 0 Å². The molecule has 3 N–H and O–H groups in total. The highest BCUT2D eigenvalue weighted by Crippen LogP contribution is 2.67. The fraction of sp³-hybridized carbons (Fsp3) is 0.806. The molecule has 0 aromatic carbocycles. The van der Waals surface area contributed by atoms with E-state index in [1.54, 1.807) is 6.92 Å². The van der Waals surface area contributed by atoms with Gasteiger partial charge < -0.3 is 20.4 Å². The topological polar surface area (TPSA) is 125 Å². The van der Waals surface area contributed by atoms with E-state index >= 15 is 0 Å². The summed E-state index contributed by atoms with van der Waals surface area (Å²) in [7, 11) is 0. The molecule has 216 valence electrons. The minimum Gasteiger partial charge on any atom is -0.481 e. The van der Waals surface area contributed by atoms with E-state index in [9.17, 15) is 19.5 Å². The summed E-state index contributed by atoms with van der Waals surface area (Å²) in [5, 5.41) is 27.7. The standard InChI is InChI=1S/C31H46N2O6/c1-19(34)31(38)15-12-26-24-9-8-22-16-23(10-13-29(22,2)25(24)11-14-30(26,31)3)33-39-18-27(35)32-17-20-4-6-21(7-5-20)28(36)37/h16,20-21,24-26,38H,4-15,17-18H2,1-3H3,(H,32,35)(H,36,37)/b33-23+/t20?,21?,24-,25+,26+,29-,30-,31-/m0/s1. The van der Waals surface area contributed by atoms with E-state index in [1.165, 1.54) is 5.57 Å². The summed E-state index contributed by atoms with van der Waals surface area (Å²) in [6.45, 7) is 6.57. The number of carboxylic acids is 1. The first-order chi connectivity index (χ1) is 18.5. The zero-order valence-corrected chi connectivity index (χ0v) is 23.8. The number of Topliss-reactive ketones (excluding diaryl/α,β-unsaturated/α-hetero) is 1. The number of rotatable bonds is 7.